The van der Waals surface area contributed by atoms with E-state index in [9.17, 15) is 9.90 Å². The van der Waals surface area contributed by atoms with E-state index in [4.69, 9.17) is 0 Å². The van der Waals surface area contributed by atoms with Crippen LogP contribution in [0.15, 0.2) is 18.3 Å². The number of nitrogens with zero attached hydrogens (tertiary/aromatic N) is 2. The van der Waals surface area contributed by atoms with E-state index in [0.29, 0.717) is 24.6 Å². The zero-order chi connectivity index (χ0) is 12.3. The van der Waals surface area contributed by atoms with Gasteiger partial charge in [0.25, 0.3) is 0 Å². The third-order valence-electron chi connectivity index (χ3n) is 3.35. The molecule has 1 saturated carbocycles. The molecule has 0 spiro atoms. The van der Waals surface area contributed by atoms with Gasteiger partial charge in [-0.25, -0.2) is 4.79 Å². The van der Waals surface area contributed by atoms with Gasteiger partial charge in [-0.15, -0.1) is 5.10 Å². The Balaban J connectivity index is 2.20. The van der Waals surface area contributed by atoms with E-state index in [1.165, 1.54) is 0 Å². The largest absolute Gasteiger partial charge is 0.480 e. The topological polar surface area (TPSA) is 75.1 Å². The summed E-state index contributed by atoms with van der Waals surface area (Å²) >= 11 is 0. The van der Waals surface area contributed by atoms with E-state index >= 15 is 0 Å². The van der Waals surface area contributed by atoms with E-state index < -0.39 is 11.5 Å². The molecule has 0 radical (unpaired) electrons. The van der Waals surface area contributed by atoms with Crippen molar-refractivity contribution in [3.8, 4) is 0 Å². The van der Waals surface area contributed by atoms with E-state index in [2.05, 4.69) is 22.4 Å². The van der Waals surface area contributed by atoms with Gasteiger partial charge in [-0.3, -0.25) is 0 Å². The smallest absolute Gasteiger partial charge is 0.329 e. The second-order valence-corrected chi connectivity index (χ2v) is 4.82. The van der Waals surface area contributed by atoms with Crippen LogP contribution in [-0.2, 0) is 4.79 Å². The minimum absolute atomic E-state index is 0.420. The highest BCUT2D eigenvalue weighted by Gasteiger charge is 2.42. The predicted octanol–water partition coefficient (Wildman–Crippen LogP) is 1.92. The van der Waals surface area contributed by atoms with Gasteiger partial charge >= 0.3 is 5.97 Å². The molecule has 0 bridgehead atoms. The number of hydrogen-bond donors (Lipinski definition) is 2. The molecule has 2 rings (SSSR count). The maximum atomic E-state index is 11.5. The fourth-order valence-corrected chi connectivity index (χ4v) is 2.53. The molecule has 5 heteroatoms. The summed E-state index contributed by atoms with van der Waals surface area (Å²) in [6, 6.07) is 3.49. The predicted molar refractivity (Wildman–Crippen MR) is 63.7 cm³/mol. The third kappa shape index (κ3) is 2.54. The Bertz CT molecular complexity index is 396. The lowest BCUT2D eigenvalue weighted by atomic mass is 9.76. The molecule has 2 atom stereocenters. The quantitative estimate of drug-likeness (QED) is 0.837. The summed E-state index contributed by atoms with van der Waals surface area (Å²) < 4.78 is 0. The molecular weight excluding hydrogens is 218 g/mol. The molecule has 1 fully saturated rings. The Morgan fingerprint density at radius 1 is 1.65 bits per heavy atom. The van der Waals surface area contributed by atoms with Crippen LogP contribution in [0.25, 0.3) is 0 Å². The van der Waals surface area contributed by atoms with Crippen molar-refractivity contribution in [3.63, 3.8) is 0 Å². The van der Waals surface area contributed by atoms with Gasteiger partial charge in [0.2, 0.25) is 0 Å². The lowest BCUT2D eigenvalue weighted by molar-refractivity contribution is -0.144. The van der Waals surface area contributed by atoms with Crippen molar-refractivity contribution < 1.29 is 9.90 Å². The summed E-state index contributed by atoms with van der Waals surface area (Å²) in [5.41, 5.74) is -0.881. The minimum Gasteiger partial charge on any atom is -0.480 e. The van der Waals surface area contributed by atoms with Crippen LogP contribution in [0.3, 0.4) is 0 Å². The summed E-state index contributed by atoms with van der Waals surface area (Å²) in [7, 11) is 0. The first kappa shape index (κ1) is 11.8. The molecule has 1 aliphatic rings. The monoisotopic (exact) mass is 235 g/mol. The molecule has 2 unspecified atom stereocenters. The number of carboxylic acids is 1. The zero-order valence-electron chi connectivity index (χ0n) is 9.89. The van der Waals surface area contributed by atoms with Crippen molar-refractivity contribution in [3.05, 3.63) is 18.3 Å². The summed E-state index contributed by atoms with van der Waals surface area (Å²) in [5.74, 6) is 0.155. The maximum Gasteiger partial charge on any atom is 0.329 e. The number of rotatable bonds is 3. The minimum atomic E-state index is -0.881. The molecule has 2 N–H and O–H groups in total. The molecule has 1 aromatic rings. The third-order valence-corrected chi connectivity index (χ3v) is 3.35. The summed E-state index contributed by atoms with van der Waals surface area (Å²) in [5, 5.41) is 20.2. The van der Waals surface area contributed by atoms with Crippen molar-refractivity contribution in [2.45, 2.75) is 38.1 Å². The first-order chi connectivity index (χ1) is 8.12. The van der Waals surface area contributed by atoms with Crippen molar-refractivity contribution in [2.24, 2.45) is 5.92 Å². The SMILES string of the molecule is CC1CCCC(Nc2cccnn2)(C(=O)O)C1. The first-order valence-electron chi connectivity index (χ1n) is 5.92. The summed E-state index contributed by atoms with van der Waals surface area (Å²) in [4.78, 5) is 11.5. The van der Waals surface area contributed by atoms with Gasteiger partial charge in [0, 0.05) is 6.20 Å². The lowest BCUT2D eigenvalue weighted by Crippen LogP contribution is -2.49. The van der Waals surface area contributed by atoms with Crippen molar-refractivity contribution in [1.82, 2.24) is 10.2 Å². The molecule has 5 nitrogen and oxygen atoms in total. The fourth-order valence-electron chi connectivity index (χ4n) is 2.53. The van der Waals surface area contributed by atoms with Gasteiger partial charge in [0.1, 0.15) is 11.4 Å². The highest BCUT2D eigenvalue weighted by atomic mass is 16.4. The summed E-state index contributed by atoms with van der Waals surface area (Å²) in [6.45, 7) is 2.09. The molecule has 0 aliphatic heterocycles. The van der Waals surface area contributed by atoms with E-state index in [0.717, 1.165) is 12.8 Å². The lowest BCUT2D eigenvalue weighted by Gasteiger charge is -2.37. The van der Waals surface area contributed by atoms with Crippen molar-refractivity contribution >= 4 is 11.8 Å². The van der Waals surface area contributed by atoms with Crippen LogP contribution < -0.4 is 5.32 Å². The molecule has 1 heterocycles. The van der Waals surface area contributed by atoms with E-state index in [1.54, 1.807) is 18.3 Å². The normalized spacial score (nSPS) is 28.6. The van der Waals surface area contributed by atoms with Crippen LogP contribution in [0.5, 0.6) is 0 Å². The number of carboxylic acid groups (broad SMARTS) is 1. The number of carbonyl (C=O) groups is 1. The van der Waals surface area contributed by atoms with Crippen LogP contribution in [0.1, 0.15) is 32.6 Å². The molecule has 0 saturated heterocycles. The number of anilines is 1. The highest BCUT2D eigenvalue weighted by Crippen LogP contribution is 2.34. The highest BCUT2D eigenvalue weighted by molar-refractivity contribution is 5.82. The number of hydrogen-bond acceptors (Lipinski definition) is 4. The Kier molecular flexibility index (Phi) is 3.26. The molecule has 1 aromatic heterocycles. The van der Waals surface area contributed by atoms with Gasteiger partial charge in [0.15, 0.2) is 0 Å². The second-order valence-electron chi connectivity index (χ2n) is 4.82. The molecule has 92 valence electrons. The molecule has 0 amide bonds. The van der Waals surface area contributed by atoms with Gasteiger partial charge in [-0.05, 0) is 30.9 Å². The fraction of sp³-hybridized carbons (Fsp3) is 0.583. The molecule has 17 heavy (non-hydrogen) atoms. The van der Waals surface area contributed by atoms with Crippen LogP contribution in [-0.4, -0.2) is 26.8 Å². The van der Waals surface area contributed by atoms with Gasteiger partial charge in [0.05, 0.1) is 0 Å². The van der Waals surface area contributed by atoms with E-state index in [-0.39, 0.29) is 0 Å². The van der Waals surface area contributed by atoms with Crippen molar-refractivity contribution in [1.29, 1.82) is 0 Å². The van der Waals surface area contributed by atoms with Gasteiger partial charge < -0.3 is 10.4 Å². The average Bonchev–Trinajstić information content (AvgIpc) is 2.30. The molecular formula is C12H17N3O2. The Hall–Kier alpha value is -1.65. The van der Waals surface area contributed by atoms with Crippen molar-refractivity contribution in [2.75, 3.05) is 5.32 Å². The Labute approximate surface area is 100 Å². The van der Waals surface area contributed by atoms with Crippen LogP contribution in [0, 0.1) is 5.92 Å². The van der Waals surface area contributed by atoms with Crippen LogP contribution >= 0.6 is 0 Å². The van der Waals surface area contributed by atoms with Gasteiger partial charge in [-0.2, -0.15) is 5.10 Å². The van der Waals surface area contributed by atoms with E-state index in [1.807, 2.05) is 0 Å². The zero-order valence-corrected chi connectivity index (χ0v) is 9.89. The van der Waals surface area contributed by atoms with Crippen LogP contribution in [0.2, 0.25) is 0 Å². The molecule has 0 aromatic carbocycles. The number of aliphatic carboxylic acids is 1. The number of nitrogens with one attached hydrogen (secondary N) is 1. The maximum absolute atomic E-state index is 11.5. The summed E-state index contributed by atoms with van der Waals surface area (Å²) in [6.07, 6.45) is 4.88. The Morgan fingerprint density at radius 2 is 2.47 bits per heavy atom. The molecule has 1 aliphatic carbocycles. The average molecular weight is 235 g/mol. The van der Waals surface area contributed by atoms with Crippen LogP contribution in [0.4, 0.5) is 5.82 Å². The van der Waals surface area contributed by atoms with Gasteiger partial charge in [-0.1, -0.05) is 19.8 Å². The Morgan fingerprint density at radius 3 is 3.06 bits per heavy atom. The second kappa shape index (κ2) is 4.69. The number of aromatic nitrogens is 2. The first-order valence-corrected chi connectivity index (χ1v) is 5.92. The standard InChI is InChI=1S/C12H17N3O2/c1-9-4-2-6-12(8-9,11(16)17)14-10-5-3-7-13-15-10/h3,5,7,9H,2,4,6,8H2,1H3,(H,14,15)(H,16,17).